The molecule has 0 aliphatic heterocycles. The first kappa shape index (κ1) is 7.98. The summed E-state index contributed by atoms with van der Waals surface area (Å²) >= 11 is 0. The minimum absolute atomic E-state index is 0.0492. The number of fused-ring (bicyclic) bond motifs is 3. The quantitative estimate of drug-likeness (QED) is 0.394. The lowest BCUT2D eigenvalue weighted by Crippen LogP contribution is -2.27. The molecule has 6 heteroatoms. The van der Waals surface area contributed by atoms with E-state index >= 15 is 0 Å². The molecule has 2 heterocycles. The molecule has 0 aliphatic carbocycles. The highest BCUT2D eigenvalue weighted by atomic mass is 16.8. The number of benzene rings is 1. The minimum Gasteiger partial charge on any atom is -0.419 e. The van der Waals surface area contributed by atoms with E-state index < -0.39 is 5.63 Å². The monoisotopic (exact) mass is 204 g/mol. The summed E-state index contributed by atoms with van der Waals surface area (Å²) in [5.41, 5.74) is -0.366. The fourth-order valence-electron chi connectivity index (χ4n) is 1.50. The molecular weight excluding hydrogens is 200 g/mol. The first-order chi connectivity index (χ1) is 7.27. The summed E-state index contributed by atoms with van der Waals surface area (Å²) in [5.74, 6) is 0. The lowest BCUT2D eigenvalue weighted by Gasteiger charge is -1.91. The van der Waals surface area contributed by atoms with Gasteiger partial charge in [0, 0.05) is 5.16 Å². The van der Waals surface area contributed by atoms with Gasteiger partial charge in [-0.25, -0.2) is 4.79 Å². The van der Waals surface area contributed by atoms with Crippen LogP contribution in [0.25, 0.3) is 22.0 Å². The van der Waals surface area contributed by atoms with Crippen LogP contribution in [0.1, 0.15) is 0 Å². The van der Waals surface area contributed by atoms with Gasteiger partial charge in [0.15, 0.2) is 0 Å². The van der Waals surface area contributed by atoms with Gasteiger partial charge in [-0.1, -0.05) is 12.1 Å². The van der Waals surface area contributed by atoms with Crippen molar-refractivity contribution in [1.82, 2.24) is 5.16 Å². The molecule has 3 aromatic rings. The normalized spacial score (nSPS) is 11.2. The molecule has 0 saturated carbocycles. The van der Waals surface area contributed by atoms with E-state index in [1.54, 1.807) is 24.3 Å². The van der Waals surface area contributed by atoms with Crippen molar-refractivity contribution in [2.45, 2.75) is 0 Å². The molecule has 0 atom stereocenters. The van der Waals surface area contributed by atoms with Gasteiger partial charge in [0.25, 0.3) is 5.52 Å². The molecule has 3 rings (SSSR count). The number of aromatic nitrogens is 2. The minimum atomic E-state index is -0.750. The maximum Gasteiger partial charge on any atom is 0.393 e. The average Bonchev–Trinajstić information content (AvgIpc) is 2.62. The van der Waals surface area contributed by atoms with Gasteiger partial charge in [-0.2, -0.15) is 0 Å². The Morgan fingerprint density at radius 2 is 2.13 bits per heavy atom. The first-order valence-electron chi connectivity index (χ1n) is 4.18. The Balaban J connectivity index is 2.71. The maximum atomic E-state index is 11.4. The average molecular weight is 204 g/mol. The van der Waals surface area contributed by atoms with Crippen LogP contribution in [0.5, 0.6) is 0 Å². The van der Waals surface area contributed by atoms with Crippen molar-refractivity contribution in [2.75, 3.05) is 0 Å². The van der Waals surface area contributed by atoms with Crippen LogP contribution in [0.4, 0.5) is 0 Å². The summed E-state index contributed by atoms with van der Waals surface area (Å²) < 4.78 is 9.29. The number of nitrogens with zero attached hydrogens (tertiary/aromatic N) is 2. The maximum absolute atomic E-state index is 11.4. The molecule has 0 amide bonds. The summed E-state index contributed by atoms with van der Waals surface area (Å²) in [6.45, 7) is 0. The smallest absolute Gasteiger partial charge is 0.393 e. The highest BCUT2D eigenvalue weighted by Crippen LogP contribution is 2.18. The van der Waals surface area contributed by atoms with Crippen molar-refractivity contribution in [3.63, 3.8) is 0 Å². The predicted octanol–water partition coefficient (Wildman–Crippen LogP) is 0.568. The number of hydrogen-bond acceptors (Lipinski definition) is 5. The number of hydrogen-bond donors (Lipinski definition) is 0. The Morgan fingerprint density at radius 3 is 3.00 bits per heavy atom. The molecule has 2 aromatic heterocycles. The molecule has 0 fully saturated rings. The van der Waals surface area contributed by atoms with Crippen LogP contribution >= 0.6 is 0 Å². The Hall–Kier alpha value is -2.37. The molecule has 0 radical (unpaired) electrons. The van der Waals surface area contributed by atoms with E-state index in [2.05, 4.69) is 9.79 Å². The summed E-state index contributed by atoms with van der Waals surface area (Å²) in [4.78, 5) is 11.4. The summed E-state index contributed by atoms with van der Waals surface area (Å²) in [6, 6.07) is 6.80. The van der Waals surface area contributed by atoms with E-state index in [0.717, 1.165) is 0 Å². The molecule has 1 aromatic carbocycles. The van der Waals surface area contributed by atoms with E-state index in [1.165, 1.54) is 0 Å². The Morgan fingerprint density at radius 1 is 1.33 bits per heavy atom. The summed E-state index contributed by atoms with van der Waals surface area (Å²) in [6.07, 6.45) is 0. The van der Waals surface area contributed by atoms with Gasteiger partial charge < -0.3 is 9.62 Å². The third-order valence-corrected chi connectivity index (χ3v) is 2.15. The topological polar surface area (TPSA) is 83.2 Å². The van der Waals surface area contributed by atoms with E-state index in [0.29, 0.717) is 11.0 Å². The molecule has 0 spiro atoms. The van der Waals surface area contributed by atoms with Crippen LogP contribution in [0.2, 0.25) is 0 Å². The van der Waals surface area contributed by atoms with Gasteiger partial charge in [-0.3, -0.25) is 4.63 Å². The van der Waals surface area contributed by atoms with Crippen molar-refractivity contribution in [3.8, 4) is 0 Å². The van der Waals surface area contributed by atoms with Gasteiger partial charge in [0.1, 0.15) is 5.58 Å². The van der Waals surface area contributed by atoms with Crippen LogP contribution in [-0.4, -0.2) is 5.16 Å². The SMILES string of the molecule is O=c1oc2ccccc2c2no[n+]([O-])c12. The zero-order valence-corrected chi connectivity index (χ0v) is 7.34. The highest BCUT2D eigenvalue weighted by molar-refractivity contribution is 5.98. The molecule has 15 heavy (non-hydrogen) atoms. The highest BCUT2D eigenvalue weighted by Gasteiger charge is 2.19. The second-order valence-corrected chi connectivity index (χ2v) is 3.01. The molecular formula is C9H4N2O4. The van der Waals surface area contributed by atoms with E-state index in [1.807, 2.05) is 0 Å². The van der Waals surface area contributed by atoms with Crippen LogP contribution < -0.4 is 10.5 Å². The zero-order chi connectivity index (χ0) is 10.4. The van der Waals surface area contributed by atoms with Crippen LogP contribution in [0.3, 0.4) is 0 Å². The van der Waals surface area contributed by atoms with Crippen molar-refractivity contribution >= 4 is 22.0 Å². The van der Waals surface area contributed by atoms with Gasteiger partial charge in [0.05, 0.1) is 5.39 Å². The van der Waals surface area contributed by atoms with E-state index in [9.17, 15) is 10.0 Å². The Bertz CT molecular complexity index is 713. The third-order valence-electron chi connectivity index (χ3n) is 2.15. The van der Waals surface area contributed by atoms with Crippen molar-refractivity contribution in [2.24, 2.45) is 0 Å². The first-order valence-corrected chi connectivity index (χ1v) is 4.18. The molecule has 0 unspecified atom stereocenters. The molecule has 0 bridgehead atoms. The number of rotatable bonds is 0. The molecule has 0 aliphatic rings. The number of para-hydroxylation sites is 1. The van der Waals surface area contributed by atoms with Crippen LogP contribution in [-0.2, 0) is 0 Å². The zero-order valence-electron chi connectivity index (χ0n) is 7.34. The molecule has 6 nitrogen and oxygen atoms in total. The van der Waals surface area contributed by atoms with Gasteiger partial charge in [0.2, 0.25) is 0 Å². The molecule has 74 valence electrons. The van der Waals surface area contributed by atoms with Crippen molar-refractivity contribution in [3.05, 3.63) is 39.9 Å². The largest absolute Gasteiger partial charge is 0.419 e. The van der Waals surface area contributed by atoms with Gasteiger partial charge >= 0.3 is 11.1 Å². The van der Waals surface area contributed by atoms with Crippen LogP contribution in [0.15, 0.2) is 38.1 Å². The molecule has 0 N–H and O–H groups in total. The third kappa shape index (κ3) is 0.954. The summed E-state index contributed by atoms with van der Waals surface area (Å²) in [7, 11) is 0. The summed E-state index contributed by atoms with van der Waals surface area (Å²) in [5, 5.41) is 15.2. The predicted molar refractivity (Wildman–Crippen MR) is 49.0 cm³/mol. The fraction of sp³-hybridized carbons (Fsp3) is 0. The van der Waals surface area contributed by atoms with Gasteiger partial charge in [-0.05, 0) is 17.0 Å². The standard InChI is InChI=1S/C9H4N2O4/c12-9-8-7(10-15-11(8)13)5-3-1-2-4-6(5)14-9/h1-4H. The van der Waals surface area contributed by atoms with E-state index in [-0.39, 0.29) is 15.9 Å². The lowest BCUT2D eigenvalue weighted by atomic mass is 10.2. The fourth-order valence-corrected chi connectivity index (χ4v) is 1.50. The lowest BCUT2D eigenvalue weighted by molar-refractivity contribution is -0.782. The van der Waals surface area contributed by atoms with E-state index in [4.69, 9.17) is 4.42 Å². The second kappa shape index (κ2) is 2.57. The Labute approximate surface area is 81.9 Å². The Kier molecular flexibility index (Phi) is 1.37. The van der Waals surface area contributed by atoms with Crippen molar-refractivity contribution in [1.29, 1.82) is 0 Å². The van der Waals surface area contributed by atoms with Gasteiger partial charge in [-0.15, -0.1) is 0 Å². The van der Waals surface area contributed by atoms with Crippen LogP contribution in [0, 0.1) is 5.21 Å². The van der Waals surface area contributed by atoms with Crippen molar-refractivity contribution < 1.29 is 13.9 Å². The second-order valence-electron chi connectivity index (χ2n) is 3.01. The molecule has 0 saturated heterocycles.